The number of morpholine rings is 1. The van der Waals surface area contributed by atoms with Crippen molar-refractivity contribution in [2.75, 3.05) is 36.5 Å². The van der Waals surface area contributed by atoms with E-state index in [0.717, 1.165) is 29.9 Å². The minimum atomic E-state index is -0.0537. The number of amides is 2. The minimum absolute atomic E-state index is 0. The Bertz CT molecular complexity index is 845. The van der Waals surface area contributed by atoms with Crippen LogP contribution in [0.5, 0.6) is 0 Å². The van der Waals surface area contributed by atoms with E-state index in [-0.39, 0.29) is 42.7 Å². The molecule has 1 fully saturated rings. The second kappa shape index (κ2) is 10.5. The molecule has 2 aliphatic rings. The van der Waals surface area contributed by atoms with Gasteiger partial charge in [-0.05, 0) is 42.3 Å². The number of ether oxygens (including phenoxy) is 1. The van der Waals surface area contributed by atoms with E-state index in [1.807, 2.05) is 18.2 Å². The highest BCUT2D eigenvalue weighted by molar-refractivity contribution is 6.07. The quantitative estimate of drug-likeness (QED) is 0.765. The third kappa shape index (κ3) is 5.45. The van der Waals surface area contributed by atoms with Crippen LogP contribution in [0.3, 0.4) is 0 Å². The number of nitrogens with one attached hydrogen (secondary N) is 2. The molecule has 4 rings (SSSR count). The molecule has 0 saturated carbocycles. The average molecular weight is 439 g/mol. The van der Waals surface area contributed by atoms with Crippen LogP contribution in [0.25, 0.3) is 0 Å². The molecule has 0 aliphatic carbocycles. The Balaban J connectivity index is 0.00000150. The molecular weight excluding hydrogens is 415 g/mol. The molecular formula is C20H24Cl2N4O3. The second-order valence-electron chi connectivity index (χ2n) is 6.77. The van der Waals surface area contributed by atoms with E-state index >= 15 is 0 Å². The molecule has 2 amide bonds. The highest BCUT2D eigenvalue weighted by Gasteiger charge is 2.26. The number of rotatable bonds is 4. The summed E-state index contributed by atoms with van der Waals surface area (Å²) < 4.78 is 5.38. The fourth-order valence-corrected chi connectivity index (χ4v) is 3.52. The number of carbonyl (C=O) groups is 2. The molecule has 29 heavy (non-hydrogen) atoms. The third-order valence-corrected chi connectivity index (χ3v) is 4.84. The first-order valence-corrected chi connectivity index (χ1v) is 9.16. The van der Waals surface area contributed by atoms with Gasteiger partial charge in [0.25, 0.3) is 5.91 Å². The molecule has 9 heteroatoms. The van der Waals surface area contributed by atoms with E-state index in [1.165, 1.54) is 0 Å². The summed E-state index contributed by atoms with van der Waals surface area (Å²) in [6.07, 6.45) is 4.38. The lowest BCUT2D eigenvalue weighted by atomic mass is 10.1. The minimum Gasteiger partial charge on any atom is -0.378 e. The maximum Gasteiger partial charge on any atom is 0.259 e. The Kier molecular flexibility index (Phi) is 8.40. The molecule has 7 nitrogen and oxygen atoms in total. The van der Waals surface area contributed by atoms with Crippen molar-refractivity contribution in [3.05, 3.63) is 53.9 Å². The fourth-order valence-electron chi connectivity index (χ4n) is 3.52. The van der Waals surface area contributed by atoms with E-state index in [4.69, 9.17) is 4.74 Å². The van der Waals surface area contributed by atoms with Crippen LogP contribution in [0.1, 0.15) is 22.3 Å². The van der Waals surface area contributed by atoms with Crippen molar-refractivity contribution in [2.45, 2.75) is 18.9 Å². The second-order valence-corrected chi connectivity index (χ2v) is 6.77. The van der Waals surface area contributed by atoms with Crippen molar-refractivity contribution in [1.29, 1.82) is 0 Å². The largest absolute Gasteiger partial charge is 0.378 e. The Hall–Kier alpha value is -2.19. The summed E-state index contributed by atoms with van der Waals surface area (Å²) in [5, 5.41) is 6.22. The first-order chi connectivity index (χ1) is 13.2. The van der Waals surface area contributed by atoms with Crippen LogP contribution >= 0.6 is 24.8 Å². The fraction of sp³-hybridized carbons (Fsp3) is 0.350. The van der Waals surface area contributed by atoms with Gasteiger partial charge >= 0.3 is 0 Å². The van der Waals surface area contributed by atoms with Gasteiger partial charge in [0.2, 0.25) is 5.91 Å². The van der Waals surface area contributed by atoms with Gasteiger partial charge in [0.15, 0.2) is 0 Å². The van der Waals surface area contributed by atoms with E-state index < -0.39 is 0 Å². The SMILES string of the molecule is Cl.Cl.O=C(CC1COCCN1)Nc1ccc2c(c1)CCN2C(=O)c1cccnc1. The van der Waals surface area contributed by atoms with Gasteiger partial charge in [0.1, 0.15) is 0 Å². The lowest BCUT2D eigenvalue weighted by Gasteiger charge is -2.23. The predicted molar refractivity (Wildman–Crippen MR) is 116 cm³/mol. The van der Waals surface area contributed by atoms with Crippen molar-refractivity contribution >= 4 is 48.0 Å². The Morgan fingerprint density at radius 1 is 1.28 bits per heavy atom. The monoisotopic (exact) mass is 438 g/mol. The summed E-state index contributed by atoms with van der Waals surface area (Å²) >= 11 is 0. The number of nitrogens with zero attached hydrogens (tertiary/aromatic N) is 2. The standard InChI is InChI=1S/C20H22N4O3.2ClH/c25-19(11-17-13-27-9-7-22-17)23-16-3-4-18-14(10-16)5-8-24(18)20(26)15-2-1-6-21-12-15;;/h1-4,6,10,12,17,22H,5,7-9,11,13H2,(H,23,25);2*1H. The molecule has 2 aromatic rings. The van der Waals surface area contributed by atoms with Crippen molar-refractivity contribution < 1.29 is 14.3 Å². The highest BCUT2D eigenvalue weighted by atomic mass is 35.5. The van der Waals surface area contributed by atoms with Crippen LogP contribution in [0.4, 0.5) is 11.4 Å². The zero-order valence-corrected chi connectivity index (χ0v) is 17.4. The zero-order valence-electron chi connectivity index (χ0n) is 15.8. The number of hydrogen-bond donors (Lipinski definition) is 2. The van der Waals surface area contributed by atoms with E-state index in [1.54, 1.807) is 29.4 Å². The van der Waals surface area contributed by atoms with Gasteiger partial charge in [0.05, 0.1) is 18.8 Å². The van der Waals surface area contributed by atoms with Crippen LogP contribution in [-0.4, -0.2) is 49.1 Å². The van der Waals surface area contributed by atoms with Crippen LogP contribution in [0, 0.1) is 0 Å². The van der Waals surface area contributed by atoms with Crippen LogP contribution in [0.15, 0.2) is 42.7 Å². The first-order valence-electron chi connectivity index (χ1n) is 9.16. The summed E-state index contributed by atoms with van der Waals surface area (Å²) in [5.74, 6) is -0.0961. The number of aromatic nitrogens is 1. The van der Waals surface area contributed by atoms with Crippen LogP contribution < -0.4 is 15.5 Å². The van der Waals surface area contributed by atoms with Crippen molar-refractivity contribution in [1.82, 2.24) is 10.3 Å². The molecule has 1 atom stereocenters. The summed E-state index contributed by atoms with van der Waals surface area (Å²) in [6.45, 7) is 2.65. The number of fused-ring (bicyclic) bond motifs is 1. The molecule has 2 N–H and O–H groups in total. The predicted octanol–water partition coefficient (Wildman–Crippen LogP) is 2.45. The summed E-state index contributed by atoms with van der Waals surface area (Å²) in [5.41, 5.74) is 3.28. The van der Waals surface area contributed by atoms with E-state index in [0.29, 0.717) is 31.7 Å². The Morgan fingerprint density at radius 3 is 2.86 bits per heavy atom. The normalized spacial score (nSPS) is 17.5. The molecule has 1 aromatic heterocycles. The first kappa shape index (κ1) is 23.1. The van der Waals surface area contributed by atoms with Gasteiger partial charge in [0, 0.05) is 49.3 Å². The summed E-state index contributed by atoms with van der Waals surface area (Å²) in [7, 11) is 0. The lowest BCUT2D eigenvalue weighted by molar-refractivity contribution is -0.117. The van der Waals surface area contributed by atoms with Crippen molar-refractivity contribution in [2.24, 2.45) is 0 Å². The topological polar surface area (TPSA) is 83.6 Å². The van der Waals surface area contributed by atoms with Gasteiger partial charge in [-0.25, -0.2) is 0 Å². The molecule has 3 heterocycles. The van der Waals surface area contributed by atoms with Crippen LogP contribution in [-0.2, 0) is 16.0 Å². The highest BCUT2D eigenvalue weighted by Crippen LogP contribution is 2.31. The molecule has 0 spiro atoms. The summed E-state index contributed by atoms with van der Waals surface area (Å²) in [4.78, 5) is 30.7. The Morgan fingerprint density at radius 2 is 2.14 bits per heavy atom. The Labute approximate surface area is 182 Å². The van der Waals surface area contributed by atoms with Gasteiger partial charge < -0.3 is 20.3 Å². The van der Waals surface area contributed by atoms with Crippen molar-refractivity contribution in [3.63, 3.8) is 0 Å². The van der Waals surface area contributed by atoms with Gasteiger partial charge in [-0.1, -0.05) is 0 Å². The van der Waals surface area contributed by atoms with Gasteiger partial charge in [-0.2, -0.15) is 0 Å². The molecule has 1 aromatic carbocycles. The lowest BCUT2D eigenvalue weighted by Crippen LogP contribution is -2.43. The number of hydrogen-bond acceptors (Lipinski definition) is 5. The molecule has 0 radical (unpaired) electrons. The molecule has 156 valence electrons. The maximum absolute atomic E-state index is 12.7. The molecule has 2 aliphatic heterocycles. The smallest absolute Gasteiger partial charge is 0.259 e. The summed E-state index contributed by atoms with van der Waals surface area (Å²) in [6, 6.07) is 9.28. The molecule has 1 unspecified atom stereocenters. The van der Waals surface area contributed by atoms with E-state index in [2.05, 4.69) is 15.6 Å². The number of carbonyl (C=O) groups excluding carboxylic acids is 2. The molecule has 0 bridgehead atoms. The van der Waals surface area contributed by atoms with Crippen molar-refractivity contribution in [3.8, 4) is 0 Å². The maximum atomic E-state index is 12.7. The number of pyridine rings is 1. The van der Waals surface area contributed by atoms with Crippen LogP contribution in [0.2, 0.25) is 0 Å². The van der Waals surface area contributed by atoms with Gasteiger partial charge in [-0.3, -0.25) is 14.6 Å². The number of benzene rings is 1. The van der Waals surface area contributed by atoms with Gasteiger partial charge in [-0.15, -0.1) is 24.8 Å². The zero-order chi connectivity index (χ0) is 18.6. The number of anilines is 2. The van der Waals surface area contributed by atoms with E-state index in [9.17, 15) is 9.59 Å². The number of halogens is 2. The third-order valence-electron chi connectivity index (χ3n) is 4.84. The molecule has 1 saturated heterocycles. The average Bonchev–Trinajstić information content (AvgIpc) is 3.12.